The molecule has 3 rings (SSSR count). The maximum absolute atomic E-state index is 12.2. The molecule has 0 amide bonds. The molecule has 0 saturated carbocycles. The number of carbonyl (C=O) groups excluding carboxylic acids is 1. The van der Waals surface area contributed by atoms with E-state index in [0.717, 1.165) is 16.0 Å². The highest BCUT2D eigenvalue weighted by molar-refractivity contribution is 8.08. The lowest BCUT2D eigenvalue weighted by molar-refractivity contribution is -0.145. The van der Waals surface area contributed by atoms with Crippen LogP contribution in [-0.4, -0.2) is 18.8 Å². The third-order valence-electron chi connectivity index (χ3n) is 4.07. The van der Waals surface area contributed by atoms with Gasteiger partial charge in [-0.25, -0.2) is 0 Å². The van der Waals surface area contributed by atoms with Gasteiger partial charge in [-0.1, -0.05) is 53.5 Å². The number of carbonyl (C=O) groups is 1. The molecule has 1 aliphatic heterocycles. The van der Waals surface area contributed by atoms with Crippen LogP contribution >= 0.6 is 35.0 Å². The molecule has 2 aromatic rings. The summed E-state index contributed by atoms with van der Waals surface area (Å²) in [4.78, 5) is 13.3. The fraction of sp³-hybridized carbons (Fsp3) is 0.211. The van der Waals surface area contributed by atoms with Gasteiger partial charge in [-0.2, -0.15) is 0 Å². The van der Waals surface area contributed by atoms with Crippen LogP contribution in [0.15, 0.2) is 54.6 Å². The first-order chi connectivity index (χ1) is 11.6. The third-order valence-corrected chi connectivity index (χ3v) is 5.78. The number of ether oxygens (including phenoxy) is 1. The summed E-state index contributed by atoms with van der Waals surface area (Å²) in [6.07, 6.45) is 2.14. The summed E-state index contributed by atoms with van der Waals surface area (Å²) in [6, 6.07) is 15.4. The molecule has 2 unspecified atom stereocenters. The number of hydrogen-bond donors (Lipinski definition) is 0. The Morgan fingerprint density at radius 3 is 2.21 bits per heavy atom. The molecule has 0 aromatic heterocycles. The summed E-state index contributed by atoms with van der Waals surface area (Å²) in [7, 11) is 1.43. The number of thioether (sulfide) groups is 1. The van der Waals surface area contributed by atoms with Crippen molar-refractivity contribution in [3.63, 3.8) is 0 Å². The van der Waals surface area contributed by atoms with Crippen LogP contribution < -0.4 is 0 Å². The van der Waals surface area contributed by atoms with Crippen molar-refractivity contribution in [1.82, 2.24) is 0 Å². The summed E-state index contributed by atoms with van der Waals surface area (Å²) < 4.78 is 5.00. The SMILES string of the molecule is COC(=O)C1CSC(c2ccc(Cl)cc2)=CC1c1ccc(Cl)cc1. The minimum absolute atomic E-state index is 0.0401. The van der Waals surface area contributed by atoms with Crippen LogP contribution in [0.5, 0.6) is 0 Å². The van der Waals surface area contributed by atoms with Crippen molar-refractivity contribution in [3.05, 3.63) is 75.8 Å². The van der Waals surface area contributed by atoms with E-state index in [-0.39, 0.29) is 17.8 Å². The Morgan fingerprint density at radius 2 is 1.62 bits per heavy atom. The average molecular weight is 379 g/mol. The fourth-order valence-electron chi connectivity index (χ4n) is 2.78. The lowest BCUT2D eigenvalue weighted by Crippen LogP contribution is -2.27. The Kier molecular flexibility index (Phi) is 5.54. The van der Waals surface area contributed by atoms with Crippen LogP contribution in [0.1, 0.15) is 17.0 Å². The number of benzene rings is 2. The van der Waals surface area contributed by atoms with Gasteiger partial charge in [0.2, 0.25) is 0 Å². The van der Waals surface area contributed by atoms with Crippen molar-refractivity contribution < 1.29 is 9.53 Å². The van der Waals surface area contributed by atoms with Crippen molar-refractivity contribution >= 4 is 45.8 Å². The second-order valence-corrected chi connectivity index (χ2v) is 7.49. The monoisotopic (exact) mass is 378 g/mol. The molecule has 2 nitrogen and oxygen atoms in total. The van der Waals surface area contributed by atoms with Gasteiger partial charge in [0, 0.05) is 26.6 Å². The molecule has 1 aliphatic rings. The molecule has 0 aliphatic carbocycles. The van der Waals surface area contributed by atoms with E-state index < -0.39 is 0 Å². The second-order valence-electron chi connectivity index (χ2n) is 5.56. The fourth-order valence-corrected chi connectivity index (χ4v) is 4.28. The Morgan fingerprint density at radius 1 is 1.04 bits per heavy atom. The van der Waals surface area contributed by atoms with Gasteiger partial charge in [0.25, 0.3) is 0 Å². The van der Waals surface area contributed by atoms with E-state index in [0.29, 0.717) is 15.8 Å². The molecular formula is C19H16Cl2O2S. The molecule has 24 heavy (non-hydrogen) atoms. The second kappa shape index (κ2) is 7.64. The first-order valence-corrected chi connectivity index (χ1v) is 9.26. The van der Waals surface area contributed by atoms with Gasteiger partial charge in [-0.15, -0.1) is 11.8 Å². The van der Waals surface area contributed by atoms with Gasteiger partial charge in [-0.05, 0) is 35.4 Å². The van der Waals surface area contributed by atoms with E-state index in [9.17, 15) is 4.79 Å². The summed E-state index contributed by atoms with van der Waals surface area (Å²) in [5.41, 5.74) is 2.16. The van der Waals surface area contributed by atoms with E-state index in [1.165, 1.54) is 7.11 Å². The summed E-state index contributed by atoms with van der Waals surface area (Å²) in [5.74, 6) is 0.238. The quantitative estimate of drug-likeness (QED) is 0.645. The van der Waals surface area contributed by atoms with E-state index in [1.807, 2.05) is 48.5 Å². The minimum Gasteiger partial charge on any atom is -0.469 e. The third kappa shape index (κ3) is 3.80. The van der Waals surface area contributed by atoms with Crippen molar-refractivity contribution in [2.24, 2.45) is 5.92 Å². The molecule has 124 valence electrons. The van der Waals surface area contributed by atoms with Crippen LogP contribution in [-0.2, 0) is 9.53 Å². The van der Waals surface area contributed by atoms with Gasteiger partial charge >= 0.3 is 5.97 Å². The summed E-state index contributed by atoms with van der Waals surface area (Å²) in [5, 5.41) is 1.39. The maximum Gasteiger partial charge on any atom is 0.310 e. The predicted molar refractivity (Wildman–Crippen MR) is 102 cm³/mol. The average Bonchev–Trinajstić information content (AvgIpc) is 2.62. The lowest BCUT2D eigenvalue weighted by atomic mass is 9.86. The molecule has 1 heterocycles. The van der Waals surface area contributed by atoms with Crippen LogP contribution in [0.4, 0.5) is 0 Å². The number of halogens is 2. The van der Waals surface area contributed by atoms with Crippen LogP contribution in [0.3, 0.4) is 0 Å². The first-order valence-electron chi connectivity index (χ1n) is 7.52. The Hall–Kier alpha value is -1.42. The van der Waals surface area contributed by atoms with E-state index in [4.69, 9.17) is 27.9 Å². The van der Waals surface area contributed by atoms with Crippen LogP contribution in [0.25, 0.3) is 4.91 Å². The van der Waals surface area contributed by atoms with E-state index >= 15 is 0 Å². The summed E-state index contributed by atoms with van der Waals surface area (Å²) >= 11 is 13.6. The van der Waals surface area contributed by atoms with Gasteiger partial charge in [0.05, 0.1) is 13.0 Å². The van der Waals surface area contributed by atoms with Gasteiger partial charge < -0.3 is 4.74 Å². The Labute approximate surface area is 155 Å². The number of allylic oxidation sites excluding steroid dienone is 1. The van der Waals surface area contributed by atoms with Crippen molar-refractivity contribution in [2.45, 2.75) is 5.92 Å². The highest BCUT2D eigenvalue weighted by Crippen LogP contribution is 2.43. The molecule has 0 bridgehead atoms. The maximum atomic E-state index is 12.2. The molecular weight excluding hydrogens is 363 g/mol. The van der Waals surface area contributed by atoms with Crippen molar-refractivity contribution in [2.75, 3.05) is 12.9 Å². The zero-order chi connectivity index (χ0) is 17.1. The molecule has 0 fully saturated rings. The highest BCUT2D eigenvalue weighted by atomic mass is 35.5. The largest absolute Gasteiger partial charge is 0.469 e. The molecule has 0 N–H and O–H groups in total. The normalized spacial score (nSPS) is 20.4. The van der Waals surface area contributed by atoms with E-state index in [1.54, 1.807) is 11.8 Å². The predicted octanol–water partition coefficient (Wildman–Crippen LogP) is 5.65. The Bertz CT molecular complexity index is 754. The minimum atomic E-state index is -0.211. The lowest BCUT2D eigenvalue weighted by Gasteiger charge is -2.28. The van der Waals surface area contributed by atoms with Gasteiger partial charge in [-0.3, -0.25) is 4.79 Å². The molecule has 0 saturated heterocycles. The smallest absolute Gasteiger partial charge is 0.310 e. The van der Waals surface area contributed by atoms with Crippen molar-refractivity contribution in [1.29, 1.82) is 0 Å². The topological polar surface area (TPSA) is 26.3 Å². The highest BCUT2D eigenvalue weighted by Gasteiger charge is 2.33. The number of hydrogen-bond acceptors (Lipinski definition) is 3. The van der Waals surface area contributed by atoms with Crippen molar-refractivity contribution in [3.8, 4) is 0 Å². The molecule has 2 atom stereocenters. The zero-order valence-electron chi connectivity index (χ0n) is 13.0. The number of methoxy groups -OCH3 is 1. The summed E-state index contributed by atoms with van der Waals surface area (Å²) in [6.45, 7) is 0. The molecule has 5 heteroatoms. The molecule has 0 radical (unpaired) electrons. The van der Waals surface area contributed by atoms with Crippen LogP contribution in [0, 0.1) is 5.92 Å². The molecule has 2 aromatic carbocycles. The zero-order valence-corrected chi connectivity index (χ0v) is 15.4. The van der Waals surface area contributed by atoms with Gasteiger partial charge in [0.1, 0.15) is 0 Å². The van der Waals surface area contributed by atoms with Crippen LogP contribution in [0.2, 0.25) is 10.0 Å². The van der Waals surface area contributed by atoms with E-state index in [2.05, 4.69) is 6.08 Å². The molecule has 0 spiro atoms. The Balaban J connectivity index is 1.99. The number of esters is 1. The van der Waals surface area contributed by atoms with Gasteiger partial charge in [0.15, 0.2) is 0 Å². The standard InChI is InChI=1S/C19H16Cl2O2S/c1-23-19(22)17-11-24-18(13-4-8-15(21)9-5-13)10-16(17)12-2-6-14(20)7-3-12/h2-10,16-17H,11H2,1H3. The first kappa shape index (κ1) is 17.4. The number of rotatable bonds is 3.